The van der Waals surface area contributed by atoms with E-state index in [-0.39, 0.29) is 6.09 Å². The van der Waals surface area contributed by atoms with Gasteiger partial charge in [-0.2, -0.15) is 0 Å². The molecule has 1 heterocycles. The standard InChI is InChI=1S/C21H32N2O4/c1-8-15-11-9-10-12-16(15)21(22-17(24)26-19(2,3)4)13-23(14-21)18(25)27-20(5,6)7/h9-12H,8,13-14H2,1-7H3,(H,22,24). The van der Waals surface area contributed by atoms with Crippen LogP contribution in [0.2, 0.25) is 0 Å². The number of ether oxygens (including phenoxy) is 2. The van der Waals surface area contributed by atoms with E-state index in [1.165, 1.54) is 0 Å². The number of amides is 2. The molecule has 1 aliphatic heterocycles. The van der Waals surface area contributed by atoms with Gasteiger partial charge in [0.1, 0.15) is 16.7 Å². The molecule has 0 spiro atoms. The number of likely N-dealkylation sites (tertiary alicyclic amines) is 1. The van der Waals surface area contributed by atoms with Gasteiger partial charge in [0.2, 0.25) is 0 Å². The van der Waals surface area contributed by atoms with Crippen molar-refractivity contribution in [1.82, 2.24) is 10.2 Å². The number of alkyl carbamates (subject to hydrolysis) is 1. The zero-order valence-electron chi connectivity index (χ0n) is 17.5. The van der Waals surface area contributed by atoms with Crippen LogP contribution in [0.3, 0.4) is 0 Å². The second-order valence-corrected chi connectivity index (χ2v) is 9.06. The van der Waals surface area contributed by atoms with Crippen molar-refractivity contribution < 1.29 is 19.1 Å². The molecular weight excluding hydrogens is 344 g/mol. The van der Waals surface area contributed by atoms with E-state index >= 15 is 0 Å². The first-order chi connectivity index (χ1) is 12.4. The first-order valence-corrected chi connectivity index (χ1v) is 9.43. The molecule has 6 nitrogen and oxygen atoms in total. The van der Waals surface area contributed by atoms with Crippen molar-refractivity contribution in [3.8, 4) is 0 Å². The van der Waals surface area contributed by atoms with E-state index in [0.29, 0.717) is 13.1 Å². The first-order valence-electron chi connectivity index (χ1n) is 9.43. The zero-order chi connectivity index (χ0) is 20.5. The molecule has 0 atom stereocenters. The van der Waals surface area contributed by atoms with Gasteiger partial charge in [-0.15, -0.1) is 0 Å². The number of hydrogen-bond acceptors (Lipinski definition) is 4. The Morgan fingerprint density at radius 1 is 1.04 bits per heavy atom. The van der Waals surface area contributed by atoms with E-state index in [1.807, 2.05) is 65.8 Å². The van der Waals surface area contributed by atoms with Gasteiger partial charge in [-0.05, 0) is 59.1 Å². The van der Waals surface area contributed by atoms with Crippen molar-refractivity contribution in [2.75, 3.05) is 13.1 Å². The highest BCUT2D eigenvalue weighted by atomic mass is 16.6. The predicted molar refractivity (Wildman–Crippen MR) is 105 cm³/mol. The highest BCUT2D eigenvalue weighted by molar-refractivity contribution is 5.73. The Hall–Kier alpha value is -2.24. The smallest absolute Gasteiger partial charge is 0.410 e. The molecule has 0 bridgehead atoms. The van der Waals surface area contributed by atoms with Gasteiger partial charge < -0.3 is 19.7 Å². The van der Waals surface area contributed by atoms with Gasteiger partial charge in [-0.3, -0.25) is 0 Å². The molecule has 150 valence electrons. The molecule has 1 saturated heterocycles. The number of nitrogens with zero attached hydrogens (tertiary/aromatic N) is 1. The van der Waals surface area contributed by atoms with E-state index in [9.17, 15) is 9.59 Å². The molecule has 1 aromatic rings. The minimum Gasteiger partial charge on any atom is -0.444 e. The number of benzene rings is 1. The van der Waals surface area contributed by atoms with E-state index in [2.05, 4.69) is 12.2 Å². The fraction of sp³-hybridized carbons (Fsp3) is 0.619. The summed E-state index contributed by atoms with van der Waals surface area (Å²) in [7, 11) is 0. The van der Waals surface area contributed by atoms with Crippen LogP contribution in [0.25, 0.3) is 0 Å². The lowest BCUT2D eigenvalue weighted by atomic mass is 9.79. The van der Waals surface area contributed by atoms with Crippen LogP contribution in [-0.4, -0.2) is 41.4 Å². The summed E-state index contributed by atoms with van der Waals surface area (Å²) in [5.74, 6) is 0. The molecule has 0 unspecified atom stereocenters. The third-order valence-electron chi connectivity index (χ3n) is 4.23. The quantitative estimate of drug-likeness (QED) is 0.858. The Morgan fingerprint density at radius 2 is 1.59 bits per heavy atom. The SMILES string of the molecule is CCc1ccccc1C1(NC(=O)OC(C)(C)C)CN(C(=O)OC(C)(C)C)C1. The van der Waals surface area contributed by atoms with Crippen LogP contribution in [-0.2, 0) is 21.4 Å². The van der Waals surface area contributed by atoms with Gasteiger partial charge in [0, 0.05) is 0 Å². The highest BCUT2D eigenvalue weighted by Crippen LogP contribution is 2.35. The number of aryl methyl sites for hydroxylation is 1. The van der Waals surface area contributed by atoms with Crippen molar-refractivity contribution in [2.45, 2.75) is 71.6 Å². The minimum absolute atomic E-state index is 0.345. The zero-order valence-corrected chi connectivity index (χ0v) is 17.5. The van der Waals surface area contributed by atoms with Crippen LogP contribution >= 0.6 is 0 Å². The number of rotatable bonds is 3. The molecule has 6 heteroatoms. The topological polar surface area (TPSA) is 67.9 Å². The van der Waals surface area contributed by atoms with Crippen LogP contribution < -0.4 is 5.32 Å². The average molecular weight is 376 g/mol. The molecular formula is C21H32N2O4. The summed E-state index contributed by atoms with van der Waals surface area (Å²) in [4.78, 5) is 26.5. The lowest BCUT2D eigenvalue weighted by Crippen LogP contribution is -2.69. The largest absolute Gasteiger partial charge is 0.444 e. The van der Waals surface area contributed by atoms with Crippen LogP contribution in [0.5, 0.6) is 0 Å². The summed E-state index contributed by atoms with van der Waals surface area (Å²) < 4.78 is 10.9. The summed E-state index contributed by atoms with van der Waals surface area (Å²) in [5.41, 5.74) is 0.321. The van der Waals surface area contributed by atoms with Gasteiger partial charge in [-0.1, -0.05) is 31.2 Å². The summed E-state index contributed by atoms with van der Waals surface area (Å²) in [5, 5.41) is 3.01. The van der Waals surface area contributed by atoms with E-state index in [1.54, 1.807) is 4.90 Å². The molecule has 1 aromatic carbocycles. The second-order valence-electron chi connectivity index (χ2n) is 9.06. The first kappa shape index (κ1) is 21.1. The lowest BCUT2D eigenvalue weighted by molar-refractivity contribution is -0.0231. The minimum atomic E-state index is -0.675. The van der Waals surface area contributed by atoms with E-state index in [4.69, 9.17) is 9.47 Å². The third-order valence-corrected chi connectivity index (χ3v) is 4.23. The van der Waals surface area contributed by atoms with Crippen molar-refractivity contribution >= 4 is 12.2 Å². The number of carbonyl (C=O) groups excluding carboxylic acids is 2. The molecule has 2 amide bonds. The molecule has 1 N–H and O–H groups in total. The lowest BCUT2D eigenvalue weighted by Gasteiger charge is -2.50. The Bertz CT molecular complexity index is 695. The average Bonchev–Trinajstić information content (AvgIpc) is 2.46. The third kappa shape index (κ3) is 5.37. The van der Waals surface area contributed by atoms with Crippen molar-refractivity contribution in [2.24, 2.45) is 0 Å². The van der Waals surface area contributed by atoms with Gasteiger partial charge in [-0.25, -0.2) is 9.59 Å². The molecule has 2 rings (SSSR count). The van der Waals surface area contributed by atoms with E-state index in [0.717, 1.165) is 17.5 Å². The summed E-state index contributed by atoms with van der Waals surface area (Å²) in [6.45, 7) is 13.8. The van der Waals surface area contributed by atoms with Gasteiger partial charge in [0.15, 0.2) is 0 Å². The van der Waals surface area contributed by atoms with Crippen LogP contribution in [0.1, 0.15) is 59.6 Å². The number of hydrogen-bond donors (Lipinski definition) is 1. The summed E-state index contributed by atoms with van der Waals surface area (Å²) in [6.07, 6.45) is -0.0317. The summed E-state index contributed by atoms with van der Waals surface area (Å²) >= 11 is 0. The van der Waals surface area contributed by atoms with Crippen LogP contribution in [0.15, 0.2) is 24.3 Å². The molecule has 1 fully saturated rings. The molecule has 0 aromatic heterocycles. The highest BCUT2D eigenvalue weighted by Gasteiger charge is 2.50. The van der Waals surface area contributed by atoms with Crippen LogP contribution in [0, 0.1) is 0 Å². The normalized spacial score (nSPS) is 16.3. The maximum atomic E-state index is 12.5. The Balaban J connectivity index is 2.24. The summed E-state index contributed by atoms with van der Waals surface area (Å²) in [6, 6.07) is 7.98. The van der Waals surface area contributed by atoms with Crippen molar-refractivity contribution in [1.29, 1.82) is 0 Å². The number of nitrogens with one attached hydrogen (secondary N) is 1. The van der Waals surface area contributed by atoms with Gasteiger partial charge >= 0.3 is 12.2 Å². The second kappa shape index (κ2) is 7.41. The van der Waals surface area contributed by atoms with Crippen molar-refractivity contribution in [3.63, 3.8) is 0 Å². The number of carbonyl (C=O) groups is 2. The van der Waals surface area contributed by atoms with Gasteiger partial charge in [0.05, 0.1) is 13.1 Å². The molecule has 27 heavy (non-hydrogen) atoms. The van der Waals surface area contributed by atoms with E-state index < -0.39 is 22.8 Å². The van der Waals surface area contributed by atoms with Crippen molar-refractivity contribution in [3.05, 3.63) is 35.4 Å². The molecule has 0 saturated carbocycles. The Kier molecular flexibility index (Phi) is 5.78. The molecule has 0 aliphatic carbocycles. The van der Waals surface area contributed by atoms with Crippen LogP contribution in [0.4, 0.5) is 9.59 Å². The Morgan fingerprint density at radius 3 is 2.11 bits per heavy atom. The monoisotopic (exact) mass is 376 g/mol. The molecule has 1 aliphatic rings. The fourth-order valence-corrected chi connectivity index (χ4v) is 3.17. The maximum absolute atomic E-state index is 12.5. The Labute approximate surface area is 162 Å². The van der Waals surface area contributed by atoms with Gasteiger partial charge in [0.25, 0.3) is 0 Å². The maximum Gasteiger partial charge on any atom is 0.410 e. The predicted octanol–water partition coefficient (Wildman–Crippen LogP) is 4.22. The molecule has 0 radical (unpaired) electrons. The fourth-order valence-electron chi connectivity index (χ4n) is 3.17.